The van der Waals surface area contributed by atoms with Gasteiger partial charge in [-0.1, -0.05) is 47.2 Å². The molecule has 0 aromatic carbocycles. The smallest absolute Gasteiger partial charge is 0.0102 e. The second-order valence-electron chi connectivity index (χ2n) is 4.39. The molecule has 80 valence electrons. The molecule has 0 amide bonds. The Morgan fingerprint density at radius 1 is 0.733 bits per heavy atom. The van der Waals surface area contributed by atoms with Crippen molar-refractivity contribution in [1.29, 1.82) is 0 Å². The van der Waals surface area contributed by atoms with Gasteiger partial charge < -0.3 is 0 Å². The van der Waals surface area contributed by atoms with Gasteiger partial charge in [0.2, 0.25) is 0 Å². The van der Waals surface area contributed by atoms with Crippen LogP contribution in [-0.2, 0) is 0 Å². The van der Waals surface area contributed by atoms with Gasteiger partial charge in [-0.2, -0.15) is 0 Å². The average Bonchev–Trinajstić information content (AvgIpc) is 2.25. The summed E-state index contributed by atoms with van der Waals surface area (Å²) in [5.41, 5.74) is 3.01. The Morgan fingerprint density at radius 3 is 1.53 bits per heavy atom. The Hall–Kier alpha value is -0.690. The van der Waals surface area contributed by atoms with Gasteiger partial charge in [-0.25, -0.2) is 0 Å². The van der Waals surface area contributed by atoms with Crippen LogP contribution in [0.4, 0.5) is 0 Å². The third-order valence-corrected chi connectivity index (χ3v) is 4.11. The van der Waals surface area contributed by atoms with Crippen LogP contribution in [0.5, 0.6) is 0 Å². The van der Waals surface area contributed by atoms with E-state index >= 15 is 0 Å². The minimum atomic E-state index is 1.23. The molecule has 2 rings (SSSR count). The van der Waals surface area contributed by atoms with Crippen molar-refractivity contribution < 1.29 is 0 Å². The van der Waals surface area contributed by atoms with E-state index in [1.165, 1.54) is 46.6 Å². The average molecular weight is 218 g/mol. The van der Waals surface area contributed by atoms with E-state index in [-0.39, 0.29) is 0 Å². The Labute approximate surface area is 96.8 Å². The highest BCUT2D eigenvalue weighted by molar-refractivity contribution is 8.06. The third kappa shape index (κ3) is 3.13. The fourth-order valence-electron chi connectivity index (χ4n) is 1.78. The van der Waals surface area contributed by atoms with Crippen molar-refractivity contribution in [3.05, 3.63) is 45.3 Å². The fraction of sp³-hybridized carbons (Fsp3) is 0.429. The summed E-state index contributed by atoms with van der Waals surface area (Å²) < 4.78 is 0. The van der Waals surface area contributed by atoms with Gasteiger partial charge >= 0.3 is 0 Å². The van der Waals surface area contributed by atoms with Crippen LogP contribution in [0, 0.1) is 0 Å². The van der Waals surface area contributed by atoms with Crippen LogP contribution >= 0.6 is 11.8 Å². The molecule has 0 fully saturated rings. The van der Waals surface area contributed by atoms with Crippen molar-refractivity contribution in [3.63, 3.8) is 0 Å². The van der Waals surface area contributed by atoms with Crippen LogP contribution in [-0.4, -0.2) is 0 Å². The molecule has 0 radical (unpaired) electrons. The summed E-state index contributed by atoms with van der Waals surface area (Å²) in [5, 5.41) is 0. The van der Waals surface area contributed by atoms with Gasteiger partial charge in [0.1, 0.15) is 0 Å². The predicted octanol–water partition coefficient (Wildman–Crippen LogP) is 4.97. The monoisotopic (exact) mass is 218 g/mol. The Kier molecular flexibility index (Phi) is 3.53. The molecule has 0 atom stereocenters. The molecule has 15 heavy (non-hydrogen) atoms. The minimum absolute atomic E-state index is 1.23. The molecule has 0 aromatic heterocycles. The highest BCUT2D eigenvalue weighted by Crippen LogP contribution is 2.36. The van der Waals surface area contributed by atoms with Gasteiger partial charge in [-0.05, 0) is 49.3 Å². The second-order valence-corrected chi connectivity index (χ2v) is 5.65. The van der Waals surface area contributed by atoms with Crippen LogP contribution < -0.4 is 0 Å². The van der Waals surface area contributed by atoms with Gasteiger partial charge in [-0.15, -0.1) is 0 Å². The topological polar surface area (TPSA) is 0 Å². The van der Waals surface area contributed by atoms with Crippen molar-refractivity contribution in [2.45, 2.75) is 39.5 Å². The highest BCUT2D eigenvalue weighted by atomic mass is 32.2. The molecule has 0 bridgehead atoms. The van der Waals surface area contributed by atoms with Gasteiger partial charge in [0.15, 0.2) is 0 Å². The molecular formula is C14H18S. The van der Waals surface area contributed by atoms with Crippen molar-refractivity contribution in [2.75, 3.05) is 0 Å². The summed E-state index contributed by atoms with van der Waals surface area (Å²) in [6, 6.07) is 0. The molecule has 2 aliphatic rings. The first-order valence-electron chi connectivity index (χ1n) is 5.64. The van der Waals surface area contributed by atoms with E-state index in [9.17, 15) is 0 Å². The normalized spacial score (nSPS) is 21.5. The van der Waals surface area contributed by atoms with Gasteiger partial charge in [0.05, 0.1) is 0 Å². The Morgan fingerprint density at radius 2 is 1.20 bits per heavy atom. The largest absolute Gasteiger partial charge is 0.0990 e. The van der Waals surface area contributed by atoms with Crippen LogP contribution in [0.25, 0.3) is 0 Å². The molecule has 0 aromatic rings. The molecule has 0 spiro atoms. The summed E-state index contributed by atoms with van der Waals surface area (Å²) in [6.45, 7) is 4.42. The van der Waals surface area contributed by atoms with E-state index in [4.69, 9.17) is 0 Å². The van der Waals surface area contributed by atoms with E-state index < -0.39 is 0 Å². The molecule has 0 aliphatic heterocycles. The molecule has 1 heteroatoms. The number of rotatable bonds is 2. The molecule has 0 saturated heterocycles. The summed E-state index contributed by atoms with van der Waals surface area (Å²) >= 11 is 1.98. The summed E-state index contributed by atoms with van der Waals surface area (Å²) in [6.07, 6.45) is 14.0. The van der Waals surface area contributed by atoms with Crippen LogP contribution in [0.1, 0.15) is 39.5 Å². The first-order valence-corrected chi connectivity index (χ1v) is 6.46. The summed E-state index contributed by atoms with van der Waals surface area (Å²) in [7, 11) is 0. The molecule has 2 aliphatic carbocycles. The quantitative estimate of drug-likeness (QED) is 0.630. The molecular weight excluding hydrogens is 200 g/mol. The lowest BCUT2D eigenvalue weighted by Gasteiger charge is -2.15. The van der Waals surface area contributed by atoms with E-state index in [0.717, 1.165) is 0 Å². The molecule has 0 nitrogen and oxygen atoms in total. The highest BCUT2D eigenvalue weighted by Gasteiger charge is 2.09. The number of allylic oxidation sites excluding steroid dienone is 8. The van der Waals surface area contributed by atoms with Crippen molar-refractivity contribution >= 4 is 11.8 Å². The zero-order valence-corrected chi connectivity index (χ0v) is 10.4. The molecule has 0 unspecified atom stereocenters. The SMILES string of the molecule is CC1=CC=C(SC2=CC=C(C)CC2)CC1. The lowest BCUT2D eigenvalue weighted by molar-refractivity contribution is 0.939. The van der Waals surface area contributed by atoms with Crippen LogP contribution in [0.15, 0.2) is 45.3 Å². The van der Waals surface area contributed by atoms with Gasteiger partial charge in [-0.3, -0.25) is 0 Å². The zero-order chi connectivity index (χ0) is 10.7. The first-order chi connectivity index (χ1) is 7.24. The maximum Gasteiger partial charge on any atom is -0.0102 e. The lowest BCUT2D eigenvalue weighted by Crippen LogP contribution is -1.91. The summed E-state index contributed by atoms with van der Waals surface area (Å²) in [4.78, 5) is 3.06. The fourth-order valence-corrected chi connectivity index (χ4v) is 2.80. The number of hydrogen-bond donors (Lipinski definition) is 0. The standard InChI is InChI=1S/C14H18S/c1-11-3-7-13(8-4-11)15-14-9-5-12(2)6-10-14/h3,5,7,9H,4,6,8,10H2,1-2H3. The van der Waals surface area contributed by atoms with E-state index in [0.29, 0.717) is 0 Å². The molecule has 0 heterocycles. The maximum absolute atomic E-state index is 2.29. The second kappa shape index (κ2) is 4.89. The lowest BCUT2D eigenvalue weighted by atomic mass is 10.1. The minimum Gasteiger partial charge on any atom is -0.0990 e. The van der Waals surface area contributed by atoms with Crippen LogP contribution in [0.2, 0.25) is 0 Å². The summed E-state index contributed by atoms with van der Waals surface area (Å²) in [5.74, 6) is 0. The molecule has 0 saturated carbocycles. The zero-order valence-electron chi connectivity index (χ0n) is 9.55. The van der Waals surface area contributed by atoms with Crippen molar-refractivity contribution in [1.82, 2.24) is 0 Å². The van der Waals surface area contributed by atoms with Gasteiger partial charge in [0.25, 0.3) is 0 Å². The van der Waals surface area contributed by atoms with E-state index in [2.05, 4.69) is 38.2 Å². The van der Waals surface area contributed by atoms with Crippen molar-refractivity contribution in [2.24, 2.45) is 0 Å². The van der Waals surface area contributed by atoms with Gasteiger partial charge in [0, 0.05) is 0 Å². The first kappa shape index (κ1) is 10.8. The predicted molar refractivity (Wildman–Crippen MR) is 69.7 cm³/mol. The number of thioether (sulfide) groups is 1. The number of hydrogen-bond acceptors (Lipinski definition) is 1. The van der Waals surface area contributed by atoms with E-state index in [1.54, 1.807) is 0 Å². The third-order valence-electron chi connectivity index (χ3n) is 2.90. The van der Waals surface area contributed by atoms with Crippen LogP contribution in [0.3, 0.4) is 0 Å². The Balaban J connectivity index is 1.98. The maximum atomic E-state index is 2.29. The molecule has 0 N–H and O–H groups in total. The Bertz CT molecular complexity index is 331. The van der Waals surface area contributed by atoms with Crippen molar-refractivity contribution in [3.8, 4) is 0 Å². The van der Waals surface area contributed by atoms with E-state index in [1.807, 2.05) is 11.8 Å².